The molecule has 0 spiro atoms. The van der Waals surface area contributed by atoms with Crippen molar-refractivity contribution in [3.8, 4) is 0 Å². The van der Waals surface area contributed by atoms with Gasteiger partial charge < -0.3 is 5.11 Å². The van der Waals surface area contributed by atoms with Gasteiger partial charge in [-0.05, 0) is 18.6 Å². The first-order valence-electron chi connectivity index (χ1n) is 4.76. The number of hydrogen-bond acceptors (Lipinski definition) is 1. The Morgan fingerprint density at radius 2 is 2.07 bits per heavy atom. The Morgan fingerprint density at radius 1 is 1.47 bits per heavy atom. The molecule has 0 radical (unpaired) electrons. The second kappa shape index (κ2) is 4.50. The van der Waals surface area contributed by atoms with E-state index in [9.17, 15) is 13.9 Å². The second-order valence-electron chi connectivity index (χ2n) is 3.74. The van der Waals surface area contributed by atoms with Crippen LogP contribution in [0.25, 0.3) is 0 Å². The van der Waals surface area contributed by atoms with Crippen molar-refractivity contribution in [3.05, 3.63) is 34.4 Å². The van der Waals surface area contributed by atoms with Crippen LogP contribution in [0.4, 0.5) is 8.78 Å². The predicted molar refractivity (Wildman–Crippen MR) is 58.7 cm³/mol. The summed E-state index contributed by atoms with van der Waals surface area (Å²) < 4.78 is 26.9. The maximum atomic E-state index is 13.5. The Bertz CT molecular complexity index is 369. The van der Waals surface area contributed by atoms with E-state index in [-0.39, 0.29) is 17.0 Å². The summed E-state index contributed by atoms with van der Waals surface area (Å²) in [6.07, 6.45) is 0.902. The van der Waals surface area contributed by atoms with Crippen molar-refractivity contribution in [1.82, 2.24) is 0 Å². The Kier molecular flexibility index (Phi) is 3.74. The molecule has 0 bridgehead atoms. The van der Waals surface area contributed by atoms with Crippen molar-refractivity contribution in [3.63, 3.8) is 0 Å². The quantitative estimate of drug-likeness (QED) is 0.626. The van der Waals surface area contributed by atoms with Crippen molar-refractivity contribution >= 4 is 19.4 Å². The maximum absolute atomic E-state index is 13.5. The zero-order valence-electron chi connectivity index (χ0n) is 8.65. The highest BCUT2D eigenvalue weighted by molar-refractivity contribution is 6.31. The zero-order chi connectivity index (χ0) is 11.6. The summed E-state index contributed by atoms with van der Waals surface area (Å²) in [7, 11) is 1.38. The van der Waals surface area contributed by atoms with Gasteiger partial charge in [-0.1, -0.05) is 24.9 Å². The molecule has 0 saturated carbocycles. The lowest BCUT2D eigenvalue weighted by Gasteiger charge is -2.24. The van der Waals surface area contributed by atoms with Crippen LogP contribution in [-0.4, -0.2) is 13.0 Å². The summed E-state index contributed by atoms with van der Waals surface area (Å²) in [5.41, 5.74) is -1.87. The third kappa shape index (κ3) is 2.50. The molecule has 1 aromatic rings. The van der Waals surface area contributed by atoms with Crippen LogP contribution in [-0.2, 0) is 5.50 Å². The molecule has 1 nitrogen and oxygen atoms in total. The van der Waals surface area contributed by atoms with Gasteiger partial charge in [0.2, 0.25) is 0 Å². The number of aliphatic hydroxyl groups is 1. The van der Waals surface area contributed by atoms with E-state index in [1.165, 1.54) is 7.85 Å². The van der Waals surface area contributed by atoms with Crippen molar-refractivity contribution in [2.45, 2.75) is 25.3 Å². The van der Waals surface area contributed by atoms with Gasteiger partial charge in [-0.2, -0.15) is 0 Å². The minimum absolute atomic E-state index is 0.178. The molecule has 1 rings (SSSR count). The van der Waals surface area contributed by atoms with Gasteiger partial charge >= 0.3 is 0 Å². The Labute approximate surface area is 93.5 Å². The molecule has 0 aromatic heterocycles. The maximum Gasteiger partial charge on any atom is 0.150 e. The van der Waals surface area contributed by atoms with Gasteiger partial charge in [-0.15, -0.1) is 0 Å². The number of benzene rings is 1. The third-order valence-corrected chi connectivity index (χ3v) is 2.61. The molecule has 15 heavy (non-hydrogen) atoms. The number of hydrogen-bond donors (Lipinski definition) is 1. The molecule has 0 amide bonds. The Hall–Kier alpha value is -0.605. The summed E-state index contributed by atoms with van der Waals surface area (Å²) in [5.74, 6) is -1.65. The van der Waals surface area contributed by atoms with Crippen LogP contribution in [0.3, 0.4) is 0 Å². The first-order valence-corrected chi connectivity index (χ1v) is 5.14. The van der Waals surface area contributed by atoms with Crippen LogP contribution < -0.4 is 0 Å². The topological polar surface area (TPSA) is 20.2 Å². The van der Waals surface area contributed by atoms with Crippen LogP contribution in [0.15, 0.2) is 12.1 Å². The van der Waals surface area contributed by atoms with Crippen molar-refractivity contribution < 1.29 is 13.9 Å². The SMILES string of the molecule is BC(O)(CCC)c1c(F)ccc(Cl)c1F. The largest absolute Gasteiger partial charge is 0.394 e. The molecule has 1 N–H and O–H groups in total. The molecule has 1 atom stereocenters. The summed E-state index contributed by atoms with van der Waals surface area (Å²) in [6, 6.07) is 2.20. The Balaban J connectivity index is 3.29. The molecule has 5 heteroatoms. The zero-order valence-corrected chi connectivity index (χ0v) is 9.41. The molecular formula is C10H12BClF2O. The number of rotatable bonds is 3. The molecule has 82 valence electrons. The second-order valence-corrected chi connectivity index (χ2v) is 4.15. The van der Waals surface area contributed by atoms with Gasteiger partial charge in [0.1, 0.15) is 19.5 Å². The average molecular weight is 232 g/mol. The van der Waals surface area contributed by atoms with Crippen LogP contribution in [0.1, 0.15) is 25.3 Å². The van der Waals surface area contributed by atoms with E-state index in [1.807, 2.05) is 6.92 Å². The molecule has 1 unspecified atom stereocenters. The molecule has 0 heterocycles. The lowest BCUT2D eigenvalue weighted by atomic mass is 9.72. The third-order valence-electron chi connectivity index (χ3n) is 2.32. The van der Waals surface area contributed by atoms with Gasteiger partial charge in [0.05, 0.1) is 10.5 Å². The summed E-state index contributed by atoms with van der Waals surface area (Å²) in [6.45, 7) is 1.83. The summed E-state index contributed by atoms with van der Waals surface area (Å²) in [5, 5.41) is 9.76. The minimum Gasteiger partial charge on any atom is -0.394 e. The fourth-order valence-electron chi connectivity index (χ4n) is 1.63. The van der Waals surface area contributed by atoms with Crippen LogP contribution in [0, 0.1) is 11.6 Å². The van der Waals surface area contributed by atoms with E-state index in [4.69, 9.17) is 11.6 Å². The monoisotopic (exact) mass is 232 g/mol. The molecular weight excluding hydrogens is 220 g/mol. The van der Waals surface area contributed by atoms with E-state index < -0.39 is 17.1 Å². The van der Waals surface area contributed by atoms with Crippen LogP contribution in [0.2, 0.25) is 5.02 Å². The molecule has 0 fully saturated rings. The van der Waals surface area contributed by atoms with E-state index in [2.05, 4.69) is 0 Å². The molecule has 1 aromatic carbocycles. The predicted octanol–water partition coefficient (Wildman–Crippen LogP) is 2.20. The molecule has 0 saturated heterocycles. The van der Waals surface area contributed by atoms with E-state index in [1.54, 1.807) is 0 Å². The van der Waals surface area contributed by atoms with Crippen molar-refractivity contribution in [2.75, 3.05) is 0 Å². The van der Waals surface area contributed by atoms with Gasteiger partial charge in [0, 0.05) is 5.56 Å². The lowest BCUT2D eigenvalue weighted by Crippen LogP contribution is -2.28. The van der Waals surface area contributed by atoms with Crippen molar-refractivity contribution in [1.29, 1.82) is 0 Å². The number of halogens is 3. The van der Waals surface area contributed by atoms with Crippen molar-refractivity contribution in [2.24, 2.45) is 0 Å². The highest BCUT2D eigenvalue weighted by Crippen LogP contribution is 2.31. The summed E-state index contributed by atoms with van der Waals surface area (Å²) >= 11 is 5.54. The normalized spacial score (nSPS) is 15.0. The van der Waals surface area contributed by atoms with Gasteiger partial charge in [-0.3, -0.25) is 0 Å². The molecule has 0 aliphatic rings. The van der Waals surface area contributed by atoms with E-state index in [0.29, 0.717) is 6.42 Å². The van der Waals surface area contributed by atoms with Gasteiger partial charge in [-0.25, -0.2) is 8.78 Å². The first-order chi connectivity index (χ1) is 6.90. The van der Waals surface area contributed by atoms with E-state index >= 15 is 0 Å². The van der Waals surface area contributed by atoms with Crippen LogP contribution in [0.5, 0.6) is 0 Å². The standard InChI is InChI=1S/C10H12BClF2O/c1-2-5-10(11,15)8-7(13)4-3-6(12)9(8)14/h3-4,15H,2,5,11H2,1H3. The van der Waals surface area contributed by atoms with Crippen LogP contribution >= 0.6 is 11.6 Å². The fraction of sp³-hybridized carbons (Fsp3) is 0.400. The van der Waals surface area contributed by atoms with E-state index in [0.717, 1.165) is 12.1 Å². The Morgan fingerprint density at radius 3 is 2.60 bits per heavy atom. The molecule has 0 aliphatic heterocycles. The fourth-order valence-corrected chi connectivity index (χ4v) is 1.79. The first kappa shape index (κ1) is 12.5. The highest BCUT2D eigenvalue weighted by atomic mass is 35.5. The summed E-state index contributed by atoms with van der Waals surface area (Å²) in [4.78, 5) is 0. The average Bonchev–Trinajstić information content (AvgIpc) is 2.11. The van der Waals surface area contributed by atoms with Gasteiger partial charge in [0.15, 0.2) is 0 Å². The smallest absolute Gasteiger partial charge is 0.150 e. The highest BCUT2D eigenvalue weighted by Gasteiger charge is 2.30. The minimum atomic E-state index is -1.52. The van der Waals surface area contributed by atoms with Gasteiger partial charge in [0.25, 0.3) is 0 Å². The molecule has 0 aliphatic carbocycles. The lowest BCUT2D eigenvalue weighted by molar-refractivity contribution is 0.108.